The molecule has 2 aliphatic rings. The van der Waals surface area contributed by atoms with Crippen molar-refractivity contribution in [1.82, 2.24) is 10.2 Å². The number of benzene rings is 1. The summed E-state index contributed by atoms with van der Waals surface area (Å²) < 4.78 is 11.4. The molecule has 3 rings (SSSR count). The highest BCUT2D eigenvalue weighted by molar-refractivity contribution is 7.87. The van der Waals surface area contributed by atoms with Gasteiger partial charge in [-0.15, -0.1) is 0 Å². The summed E-state index contributed by atoms with van der Waals surface area (Å²) in [5, 5.41) is 13.1. The van der Waals surface area contributed by atoms with Gasteiger partial charge in [0.1, 0.15) is 11.4 Å². The highest BCUT2D eigenvalue weighted by atomic mass is 32.2. The van der Waals surface area contributed by atoms with Crippen LogP contribution < -0.4 is 10.4 Å². The third-order valence-corrected chi connectivity index (χ3v) is 6.70. The second kappa shape index (κ2) is 5.70. The van der Waals surface area contributed by atoms with Gasteiger partial charge in [0, 0.05) is 0 Å². The van der Waals surface area contributed by atoms with Crippen LogP contribution in [0.5, 0.6) is 0 Å². The smallest absolute Gasteiger partial charge is 0.249 e. The lowest BCUT2D eigenvalue weighted by atomic mass is 9.96. The lowest BCUT2D eigenvalue weighted by Crippen LogP contribution is -2.72. The molecule has 0 bridgehead atoms. The van der Waals surface area contributed by atoms with Crippen LogP contribution in [-0.2, 0) is 31.6 Å². The maximum atomic E-state index is 12.6. The van der Waals surface area contributed by atoms with Crippen LogP contribution in [0.1, 0.15) is 19.4 Å². The van der Waals surface area contributed by atoms with E-state index in [-0.39, 0.29) is 12.3 Å². The number of fused-ring (bicyclic) bond motifs is 1. The van der Waals surface area contributed by atoms with Crippen LogP contribution in [0.25, 0.3) is 0 Å². The first-order valence-corrected chi connectivity index (χ1v) is 8.73. The topological polar surface area (TPSA) is 107 Å². The van der Waals surface area contributed by atoms with Gasteiger partial charge in [-0.25, -0.2) is 0 Å². The quantitative estimate of drug-likeness (QED) is 0.669. The Morgan fingerprint density at radius 3 is 2.50 bits per heavy atom. The molecule has 1 aromatic carbocycles. The number of aliphatic carboxylic acids is 1. The Morgan fingerprint density at radius 2 is 1.92 bits per heavy atom. The molecule has 0 saturated carbocycles. The van der Waals surface area contributed by atoms with Crippen LogP contribution in [0.15, 0.2) is 30.3 Å². The van der Waals surface area contributed by atoms with Crippen molar-refractivity contribution in [3.05, 3.63) is 35.9 Å². The van der Waals surface area contributed by atoms with Crippen LogP contribution >= 0.6 is 0 Å². The first-order valence-electron chi connectivity index (χ1n) is 7.52. The molecular formula is C16H17N2O5S-. The molecule has 0 spiro atoms. The van der Waals surface area contributed by atoms with Crippen molar-refractivity contribution in [2.24, 2.45) is 0 Å². The van der Waals surface area contributed by atoms with E-state index >= 15 is 0 Å². The minimum atomic E-state index is -1.62. The van der Waals surface area contributed by atoms with Crippen molar-refractivity contribution < 1.29 is 23.7 Å². The Kier molecular flexibility index (Phi) is 3.95. The van der Waals surface area contributed by atoms with Crippen molar-refractivity contribution in [1.29, 1.82) is 0 Å². The van der Waals surface area contributed by atoms with Crippen molar-refractivity contribution in [3.63, 3.8) is 0 Å². The summed E-state index contributed by atoms with van der Waals surface area (Å²) in [6, 6.07) is 6.81. The standard InChI is InChI=1S/C16H18N2O5S/c1-16(2)12(15(21)22)18-13(20)11(14(18)24(16)23)17-10(19)8-9-6-4-3-5-7-9/h3-7,11-12,14H,8H2,1-2H3,(H,17,19)(H,21,22)/p-1/t11-,12-,14+,24-/m1/s1. The second-order valence-electron chi connectivity index (χ2n) is 6.47. The van der Waals surface area contributed by atoms with Gasteiger partial charge < -0.3 is 20.1 Å². The van der Waals surface area contributed by atoms with Crippen molar-refractivity contribution in [2.45, 2.75) is 42.5 Å². The SMILES string of the molecule is CC1(C)[C@@H](C(=O)[O-])N2C(=O)[C@@H](NC(=O)Cc3ccccc3)[C@@H]2[S@]1=O. The van der Waals surface area contributed by atoms with Crippen molar-refractivity contribution in [3.8, 4) is 0 Å². The number of carbonyl (C=O) groups is 3. The fourth-order valence-corrected chi connectivity index (χ4v) is 5.20. The molecule has 0 aliphatic carbocycles. The number of rotatable bonds is 4. The number of hydrogen-bond acceptors (Lipinski definition) is 5. The molecule has 8 heteroatoms. The maximum Gasteiger partial charge on any atom is 0.249 e. The van der Waals surface area contributed by atoms with E-state index in [0.717, 1.165) is 10.5 Å². The van der Waals surface area contributed by atoms with Gasteiger partial charge in [-0.1, -0.05) is 30.3 Å². The van der Waals surface area contributed by atoms with Gasteiger partial charge >= 0.3 is 0 Å². The van der Waals surface area contributed by atoms with E-state index in [4.69, 9.17) is 0 Å². The summed E-state index contributed by atoms with van der Waals surface area (Å²) in [5.74, 6) is -2.33. The summed E-state index contributed by atoms with van der Waals surface area (Å²) in [5.41, 5.74) is 0.791. The van der Waals surface area contributed by atoms with Crippen LogP contribution in [0.2, 0.25) is 0 Å². The molecule has 0 unspecified atom stereocenters. The number of carboxylic acid groups (broad SMARTS) is 1. The fraction of sp³-hybridized carbons (Fsp3) is 0.438. The molecule has 2 saturated heterocycles. The van der Waals surface area contributed by atoms with Gasteiger partial charge in [-0.05, 0) is 19.4 Å². The minimum Gasteiger partial charge on any atom is -0.548 e. The molecule has 7 nitrogen and oxygen atoms in total. The Balaban J connectivity index is 1.74. The Morgan fingerprint density at radius 1 is 1.29 bits per heavy atom. The Hall–Kier alpha value is -2.22. The number of carboxylic acids is 1. The average molecular weight is 349 g/mol. The predicted octanol–water partition coefficient (Wildman–Crippen LogP) is -1.46. The summed E-state index contributed by atoms with van der Waals surface area (Å²) >= 11 is 0. The molecular weight excluding hydrogens is 332 g/mol. The maximum absolute atomic E-state index is 12.6. The minimum absolute atomic E-state index is 0.0945. The lowest BCUT2D eigenvalue weighted by molar-refractivity contribution is -0.312. The van der Waals surface area contributed by atoms with Gasteiger partial charge in [0.15, 0.2) is 0 Å². The average Bonchev–Trinajstić information content (AvgIpc) is 2.71. The molecule has 0 radical (unpaired) electrons. The molecule has 4 atom stereocenters. The molecule has 2 aliphatic heterocycles. The molecule has 128 valence electrons. The van der Waals surface area contributed by atoms with Crippen LogP contribution in [-0.4, -0.2) is 49.1 Å². The van der Waals surface area contributed by atoms with Crippen LogP contribution in [0.3, 0.4) is 0 Å². The summed E-state index contributed by atoms with van der Waals surface area (Å²) in [6.07, 6.45) is 0.0945. The van der Waals surface area contributed by atoms with Crippen LogP contribution in [0.4, 0.5) is 0 Å². The molecule has 2 amide bonds. The van der Waals surface area contributed by atoms with E-state index in [9.17, 15) is 23.7 Å². The van der Waals surface area contributed by atoms with Gasteiger partial charge in [0.25, 0.3) is 0 Å². The largest absolute Gasteiger partial charge is 0.548 e. The van der Waals surface area contributed by atoms with Gasteiger partial charge in [-0.3, -0.25) is 13.8 Å². The van der Waals surface area contributed by atoms with E-state index in [1.54, 1.807) is 24.3 Å². The third kappa shape index (κ3) is 2.41. The molecule has 1 N–H and O–H groups in total. The first-order chi connectivity index (χ1) is 11.2. The molecule has 2 fully saturated rings. The summed E-state index contributed by atoms with van der Waals surface area (Å²) in [6.45, 7) is 3.05. The van der Waals surface area contributed by atoms with E-state index in [2.05, 4.69) is 5.32 Å². The zero-order valence-corrected chi connectivity index (χ0v) is 14.0. The lowest BCUT2D eigenvalue weighted by Gasteiger charge is -2.44. The second-order valence-corrected chi connectivity index (χ2v) is 8.60. The first kappa shape index (κ1) is 16.6. The number of nitrogens with zero attached hydrogens (tertiary/aromatic N) is 1. The summed E-state index contributed by atoms with van der Waals surface area (Å²) in [7, 11) is -1.62. The number of β-lactam (4-membered cyclic amide) rings is 1. The number of amides is 2. The Labute approximate surface area is 141 Å². The van der Waals surface area contributed by atoms with E-state index in [0.29, 0.717) is 0 Å². The van der Waals surface area contributed by atoms with Crippen molar-refractivity contribution >= 4 is 28.6 Å². The van der Waals surface area contributed by atoms with E-state index < -0.39 is 44.9 Å². The highest BCUT2D eigenvalue weighted by Gasteiger charge is 2.66. The number of hydrogen-bond donors (Lipinski definition) is 1. The zero-order chi connectivity index (χ0) is 17.6. The van der Waals surface area contributed by atoms with Gasteiger partial charge in [-0.2, -0.15) is 0 Å². The van der Waals surface area contributed by atoms with Gasteiger partial charge in [0.05, 0.1) is 34.0 Å². The highest BCUT2D eigenvalue weighted by Crippen LogP contribution is 2.43. The number of carbonyl (C=O) groups excluding carboxylic acids is 3. The van der Waals surface area contributed by atoms with Crippen molar-refractivity contribution in [2.75, 3.05) is 0 Å². The molecule has 2 heterocycles. The molecule has 0 aromatic heterocycles. The predicted molar refractivity (Wildman–Crippen MR) is 83.7 cm³/mol. The zero-order valence-electron chi connectivity index (χ0n) is 13.2. The normalized spacial score (nSPS) is 30.4. The van der Waals surface area contributed by atoms with Crippen LogP contribution in [0, 0.1) is 0 Å². The number of nitrogens with one attached hydrogen (secondary N) is 1. The molecule has 1 aromatic rings. The monoisotopic (exact) mass is 349 g/mol. The fourth-order valence-electron chi connectivity index (χ4n) is 3.28. The van der Waals surface area contributed by atoms with Gasteiger partial charge in [0.2, 0.25) is 11.8 Å². The van der Waals surface area contributed by atoms with E-state index in [1.807, 2.05) is 6.07 Å². The Bertz CT molecular complexity index is 733. The van der Waals surface area contributed by atoms with E-state index in [1.165, 1.54) is 13.8 Å². The summed E-state index contributed by atoms with van der Waals surface area (Å²) in [4.78, 5) is 36.8. The third-order valence-electron chi connectivity index (χ3n) is 4.50. The molecule has 24 heavy (non-hydrogen) atoms.